The normalized spacial score (nSPS) is 20.6. The van der Waals surface area contributed by atoms with E-state index in [1.807, 2.05) is 60.7 Å². The molecule has 5 rings (SSSR count). The Morgan fingerprint density at radius 3 is 2.08 bits per heavy atom. The van der Waals surface area contributed by atoms with Crippen molar-refractivity contribution in [3.63, 3.8) is 0 Å². The lowest BCUT2D eigenvalue weighted by Crippen LogP contribution is -2.82. The summed E-state index contributed by atoms with van der Waals surface area (Å²) >= 11 is 3.40. The van der Waals surface area contributed by atoms with Crippen molar-refractivity contribution in [2.24, 2.45) is 0 Å². The number of β-lactam (4-membered cyclic amide) rings is 1. The predicted molar refractivity (Wildman–Crippen MR) is 142 cm³/mol. The molecule has 0 aliphatic carbocycles. The molecule has 3 aromatic carbocycles. The highest BCUT2D eigenvalue weighted by atomic mass is 79.9. The Morgan fingerprint density at radius 2 is 1.55 bits per heavy atom. The summed E-state index contributed by atoms with van der Waals surface area (Å²) in [6.45, 7) is 0.0395. The number of alkyl halides is 1. The molecule has 0 saturated carbocycles. The maximum Gasteiger partial charge on any atom is 0.356 e. The summed E-state index contributed by atoms with van der Waals surface area (Å²) in [5.41, 5.74) is 0.756. The topological polar surface area (TPSA) is 94.2 Å². The minimum absolute atomic E-state index is 0.0395. The molecule has 2 atom stereocenters. The number of fused-ring (bicyclic) bond motifs is 1. The van der Waals surface area contributed by atoms with Gasteiger partial charge in [-0.2, -0.15) is 0 Å². The average molecular weight is 577 g/mol. The molecule has 2 heterocycles. The first kappa shape index (κ1) is 25.8. The minimum atomic E-state index is -1.78. The molecule has 0 radical (unpaired) electrons. The molecular weight excluding hydrogens is 552 g/mol. The van der Waals surface area contributed by atoms with E-state index in [2.05, 4.69) is 21.2 Å². The number of hydrogen-bond donors (Lipinski definition) is 1. The zero-order chi connectivity index (χ0) is 26.7. The van der Waals surface area contributed by atoms with Crippen molar-refractivity contribution in [3.05, 3.63) is 119 Å². The van der Waals surface area contributed by atoms with E-state index in [-0.39, 0.29) is 17.6 Å². The van der Waals surface area contributed by atoms with Gasteiger partial charge in [0.25, 0.3) is 17.5 Å². The Morgan fingerprint density at radius 1 is 1.00 bits per heavy atom. The van der Waals surface area contributed by atoms with E-state index in [0.717, 1.165) is 11.1 Å². The Balaban J connectivity index is 1.44. The van der Waals surface area contributed by atoms with Crippen LogP contribution in [-0.4, -0.2) is 53.7 Å². The number of carbonyl (C=O) groups excluding carboxylic acids is 3. The molecule has 3 aromatic rings. The summed E-state index contributed by atoms with van der Waals surface area (Å²) < 4.78 is 17.5. The third kappa shape index (κ3) is 4.53. The lowest BCUT2D eigenvalue weighted by atomic mass is 9.94. The first-order valence-corrected chi connectivity index (χ1v) is 13.1. The first-order valence-electron chi connectivity index (χ1n) is 12.0. The van der Waals surface area contributed by atoms with Gasteiger partial charge in [-0.25, -0.2) is 4.79 Å². The summed E-state index contributed by atoms with van der Waals surface area (Å²) in [7, 11) is 1.31. The molecule has 194 valence electrons. The zero-order valence-corrected chi connectivity index (χ0v) is 22.1. The van der Waals surface area contributed by atoms with Crippen LogP contribution in [0.1, 0.15) is 27.6 Å². The molecule has 2 amide bonds. The third-order valence-corrected chi connectivity index (χ3v) is 7.23. The van der Waals surface area contributed by atoms with Gasteiger partial charge >= 0.3 is 5.97 Å². The van der Waals surface area contributed by atoms with E-state index in [1.54, 1.807) is 30.3 Å². The van der Waals surface area contributed by atoms with Gasteiger partial charge in [0.05, 0.1) is 6.61 Å². The lowest BCUT2D eigenvalue weighted by Gasteiger charge is -2.55. The molecule has 0 aromatic heterocycles. The molecule has 2 aliphatic heterocycles. The van der Waals surface area contributed by atoms with Crippen molar-refractivity contribution < 1.29 is 28.6 Å². The fraction of sp³-hybridized carbons (Fsp3) is 0.207. The Hall–Kier alpha value is -3.79. The number of amides is 2. The van der Waals surface area contributed by atoms with Crippen LogP contribution in [0.25, 0.3) is 0 Å². The van der Waals surface area contributed by atoms with Crippen molar-refractivity contribution >= 4 is 33.7 Å². The van der Waals surface area contributed by atoms with Gasteiger partial charge in [-0.1, -0.05) is 94.8 Å². The van der Waals surface area contributed by atoms with Crippen molar-refractivity contribution in [3.8, 4) is 0 Å². The molecular formula is C29H25BrN2O6. The van der Waals surface area contributed by atoms with Crippen LogP contribution >= 0.6 is 15.9 Å². The number of esters is 1. The molecule has 0 spiro atoms. The van der Waals surface area contributed by atoms with E-state index in [1.165, 1.54) is 12.0 Å². The Bertz CT molecular complexity index is 1330. The van der Waals surface area contributed by atoms with Gasteiger partial charge in [0.15, 0.2) is 12.3 Å². The molecule has 0 bridgehead atoms. The van der Waals surface area contributed by atoms with E-state index >= 15 is 0 Å². The summed E-state index contributed by atoms with van der Waals surface area (Å²) in [6, 6.07) is 27.2. The number of hydrogen-bond acceptors (Lipinski definition) is 6. The van der Waals surface area contributed by atoms with E-state index in [4.69, 9.17) is 14.2 Å². The highest BCUT2D eigenvalue weighted by Gasteiger charge is 2.67. The van der Waals surface area contributed by atoms with Gasteiger partial charge in [0, 0.05) is 18.0 Å². The van der Waals surface area contributed by atoms with Gasteiger partial charge in [0.1, 0.15) is 5.70 Å². The lowest BCUT2D eigenvalue weighted by molar-refractivity contribution is -0.256. The van der Waals surface area contributed by atoms with Gasteiger partial charge < -0.3 is 19.5 Å². The average Bonchev–Trinajstić information content (AvgIpc) is 2.98. The standard InChI is InChI=1S/C29H25BrN2O6/c1-36-29(31-25(33)21-15-9-4-10-16-21)27(35)32-23(22(17-30)18-37-28(29)32)26(34)38-24(19-11-5-2-6-12-19)20-13-7-3-8-14-20/h2-16,24,28H,17-18H2,1H3,(H,31,33). The molecule has 1 fully saturated rings. The largest absolute Gasteiger partial charge is 0.448 e. The molecule has 1 saturated heterocycles. The van der Waals surface area contributed by atoms with Gasteiger partial charge in [0.2, 0.25) is 0 Å². The second kappa shape index (κ2) is 10.9. The van der Waals surface area contributed by atoms with Crippen molar-refractivity contribution in [2.75, 3.05) is 19.0 Å². The summed E-state index contributed by atoms with van der Waals surface area (Å²) in [5.74, 6) is -1.81. The number of rotatable bonds is 8. The number of ether oxygens (including phenoxy) is 3. The van der Waals surface area contributed by atoms with Crippen LogP contribution < -0.4 is 5.32 Å². The van der Waals surface area contributed by atoms with E-state index in [0.29, 0.717) is 11.1 Å². The molecule has 1 N–H and O–H groups in total. The predicted octanol–water partition coefficient (Wildman–Crippen LogP) is 3.94. The van der Waals surface area contributed by atoms with Crippen LogP contribution in [0.3, 0.4) is 0 Å². The Kier molecular flexibility index (Phi) is 7.42. The number of nitrogens with one attached hydrogen (secondary N) is 1. The van der Waals surface area contributed by atoms with E-state index < -0.39 is 35.8 Å². The summed E-state index contributed by atoms with van der Waals surface area (Å²) in [5, 5.41) is 2.95. The quantitative estimate of drug-likeness (QED) is 0.189. The second-order valence-corrected chi connectivity index (χ2v) is 9.35. The molecule has 38 heavy (non-hydrogen) atoms. The van der Waals surface area contributed by atoms with Crippen LogP contribution in [0.5, 0.6) is 0 Å². The summed E-state index contributed by atoms with van der Waals surface area (Å²) in [6.07, 6.45) is -1.75. The number of methoxy groups -OCH3 is 1. The SMILES string of the molecule is COC1(NC(=O)c2ccccc2)C(=O)N2C(C(=O)OC(c3ccccc3)c3ccccc3)=C(CBr)COC21. The number of carbonyl (C=O) groups is 3. The van der Waals surface area contributed by atoms with Gasteiger partial charge in [-0.05, 0) is 28.8 Å². The molecule has 2 aliphatic rings. The fourth-order valence-corrected chi connectivity index (χ4v) is 5.04. The van der Waals surface area contributed by atoms with Crippen LogP contribution in [0.4, 0.5) is 0 Å². The van der Waals surface area contributed by atoms with Gasteiger partial charge in [-0.3, -0.25) is 14.5 Å². The maximum atomic E-state index is 13.7. The minimum Gasteiger partial charge on any atom is -0.448 e. The molecule has 9 heteroatoms. The highest BCUT2D eigenvalue weighted by Crippen LogP contribution is 2.42. The van der Waals surface area contributed by atoms with Gasteiger partial charge in [-0.15, -0.1) is 0 Å². The molecule has 2 unspecified atom stereocenters. The molecule has 8 nitrogen and oxygen atoms in total. The number of benzene rings is 3. The fourth-order valence-electron chi connectivity index (χ4n) is 4.61. The van der Waals surface area contributed by atoms with Crippen LogP contribution in [0, 0.1) is 0 Å². The van der Waals surface area contributed by atoms with Crippen LogP contribution in [0.15, 0.2) is 102 Å². The summed E-state index contributed by atoms with van der Waals surface area (Å²) in [4.78, 5) is 41.4. The second-order valence-electron chi connectivity index (χ2n) is 8.79. The van der Waals surface area contributed by atoms with Crippen LogP contribution in [0.2, 0.25) is 0 Å². The highest BCUT2D eigenvalue weighted by molar-refractivity contribution is 9.09. The Labute approximate surface area is 228 Å². The van der Waals surface area contributed by atoms with E-state index in [9.17, 15) is 14.4 Å². The van der Waals surface area contributed by atoms with Crippen LogP contribution in [-0.2, 0) is 23.8 Å². The zero-order valence-electron chi connectivity index (χ0n) is 20.5. The monoisotopic (exact) mass is 576 g/mol. The van der Waals surface area contributed by atoms with Crippen molar-refractivity contribution in [2.45, 2.75) is 18.1 Å². The van der Waals surface area contributed by atoms with Crippen molar-refractivity contribution in [1.82, 2.24) is 10.2 Å². The third-order valence-electron chi connectivity index (χ3n) is 6.55. The van der Waals surface area contributed by atoms with Crippen molar-refractivity contribution in [1.29, 1.82) is 0 Å². The number of nitrogens with zero attached hydrogens (tertiary/aromatic N) is 1. The first-order chi connectivity index (χ1) is 18.5. The number of halogens is 1. The maximum absolute atomic E-state index is 13.7. The smallest absolute Gasteiger partial charge is 0.356 e.